The molecule has 0 fully saturated rings. The maximum absolute atomic E-state index is 11.8. The molecule has 5 nitrogen and oxygen atoms in total. The molecule has 0 aliphatic carbocycles. The van der Waals surface area contributed by atoms with Crippen LogP contribution >= 0.6 is 15.9 Å². The highest BCUT2D eigenvalue weighted by molar-refractivity contribution is 9.10. The zero-order chi connectivity index (χ0) is 12.7. The Hall–Kier alpha value is -1.56. The normalized spacial score (nSPS) is 13.4. The van der Waals surface area contributed by atoms with Gasteiger partial charge in [0, 0.05) is 23.5 Å². The van der Waals surface area contributed by atoms with Crippen molar-refractivity contribution < 1.29 is 4.74 Å². The number of benzene rings is 1. The predicted octanol–water partition coefficient (Wildman–Crippen LogP) is 1.33. The van der Waals surface area contributed by atoms with Gasteiger partial charge in [-0.15, -0.1) is 0 Å². The van der Waals surface area contributed by atoms with E-state index in [1.807, 2.05) is 6.07 Å². The molecule has 0 spiro atoms. The van der Waals surface area contributed by atoms with Crippen LogP contribution in [0.2, 0.25) is 0 Å². The first kappa shape index (κ1) is 11.5. The van der Waals surface area contributed by atoms with Gasteiger partial charge >= 0.3 is 5.69 Å². The van der Waals surface area contributed by atoms with Crippen molar-refractivity contribution in [2.75, 3.05) is 6.61 Å². The van der Waals surface area contributed by atoms with Crippen LogP contribution in [-0.4, -0.2) is 21.0 Å². The molecule has 1 aromatic carbocycles. The van der Waals surface area contributed by atoms with E-state index in [4.69, 9.17) is 4.74 Å². The lowest BCUT2D eigenvalue weighted by Crippen LogP contribution is -2.23. The van der Waals surface area contributed by atoms with E-state index in [0.29, 0.717) is 13.2 Å². The van der Waals surface area contributed by atoms with Gasteiger partial charge < -0.3 is 4.74 Å². The summed E-state index contributed by atoms with van der Waals surface area (Å²) < 4.78 is 9.53. The Morgan fingerprint density at radius 1 is 1.50 bits per heavy atom. The minimum Gasteiger partial charge on any atom is -0.493 e. The summed E-state index contributed by atoms with van der Waals surface area (Å²) in [6, 6.07) is 4.04. The highest BCUT2D eigenvalue weighted by atomic mass is 79.9. The molecule has 0 atom stereocenters. The number of halogens is 1. The van der Waals surface area contributed by atoms with Crippen LogP contribution in [0.4, 0.5) is 0 Å². The Morgan fingerprint density at radius 3 is 3.06 bits per heavy atom. The maximum atomic E-state index is 11.8. The molecule has 2 heterocycles. The van der Waals surface area contributed by atoms with Gasteiger partial charge in [0.05, 0.1) is 13.2 Å². The molecular formula is C12H12BrN3O2. The van der Waals surface area contributed by atoms with Crippen molar-refractivity contribution in [3.8, 4) is 5.75 Å². The van der Waals surface area contributed by atoms with E-state index in [1.165, 1.54) is 21.1 Å². The SMILES string of the molecule is Cn1cnn(Cc2cc(Br)cc3c2OCC3)c1=O. The molecule has 0 amide bonds. The average molecular weight is 310 g/mol. The third kappa shape index (κ3) is 1.86. The second-order valence-electron chi connectivity index (χ2n) is 4.33. The number of hydrogen-bond acceptors (Lipinski definition) is 3. The molecule has 0 saturated carbocycles. The van der Waals surface area contributed by atoms with Crippen molar-refractivity contribution in [3.63, 3.8) is 0 Å². The standard InChI is InChI=1S/C12H12BrN3O2/c1-15-7-14-16(12(15)17)6-9-5-10(13)4-8-2-3-18-11(8)9/h4-5,7H,2-3,6H2,1H3. The van der Waals surface area contributed by atoms with Crippen LogP contribution in [-0.2, 0) is 20.0 Å². The summed E-state index contributed by atoms with van der Waals surface area (Å²) in [5, 5.41) is 4.06. The smallest absolute Gasteiger partial charge is 0.345 e. The van der Waals surface area contributed by atoms with Crippen LogP contribution in [0.25, 0.3) is 0 Å². The number of aryl methyl sites for hydroxylation is 1. The van der Waals surface area contributed by atoms with E-state index in [2.05, 4.69) is 27.1 Å². The molecule has 0 unspecified atom stereocenters. The molecule has 0 saturated heterocycles. The van der Waals surface area contributed by atoms with Gasteiger partial charge in [0.2, 0.25) is 0 Å². The number of ether oxygens (including phenoxy) is 1. The van der Waals surface area contributed by atoms with Crippen molar-refractivity contribution in [2.45, 2.75) is 13.0 Å². The van der Waals surface area contributed by atoms with E-state index in [0.717, 1.165) is 22.2 Å². The molecule has 18 heavy (non-hydrogen) atoms. The quantitative estimate of drug-likeness (QED) is 0.841. The molecular weight excluding hydrogens is 298 g/mol. The molecule has 1 aromatic heterocycles. The summed E-state index contributed by atoms with van der Waals surface area (Å²) in [5.41, 5.74) is 2.04. The zero-order valence-corrected chi connectivity index (χ0v) is 11.5. The molecule has 0 radical (unpaired) electrons. The van der Waals surface area contributed by atoms with Crippen molar-refractivity contribution in [1.82, 2.24) is 14.3 Å². The second kappa shape index (κ2) is 4.28. The summed E-state index contributed by atoms with van der Waals surface area (Å²) in [5.74, 6) is 0.899. The Bertz CT molecular complexity index is 660. The fraction of sp³-hybridized carbons (Fsp3) is 0.333. The van der Waals surface area contributed by atoms with Gasteiger partial charge in [0.25, 0.3) is 0 Å². The zero-order valence-electron chi connectivity index (χ0n) is 9.89. The van der Waals surface area contributed by atoms with Crippen LogP contribution in [0.5, 0.6) is 5.75 Å². The van der Waals surface area contributed by atoms with Crippen molar-refractivity contribution in [1.29, 1.82) is 0 Å². The van der Waals surface area contributed by atoms with Crippen molar-refractivity contribution in [3.05, 3.63) is 44.5 Å². The van der Waals surface area contributed by atoms with Crippen LogP contribution in [0.1, 0.15) is 11.1 Å². The molecule has 0 bridgehead atoms. The van der Waals surface area contributed by atoms with Gasteiger partial charge in [-0.05, 0) is 17.7 Å². The summed E-state index contributed by atoms with van der Waals surface area (Å²) in [6.45, 7) is 1.14. The lowest BCUT2D eigenvalue weighted by atomic mass is 10.1. The fourth-order valence-electron chi connectivity index (χ4n) is 2.15. The van der Waals surface area contributed by atoms with Gasteiger partial charge in [-0.3, -0.25) is 4.57 Å². The number of nitrogens with zero attached hydrogens (tertiary/aromatic N) is 3. The topological polar surface area (TPSA) is 49.0 Å². The van der Waals surface area contributed by atoms with Gasteiger partial charge in [-0.1, -0.05) is 15.9 Å². The number of fused-ring (bicyclic) bond motifs is 1. The lowest BCUT2D eigenvalue weighted by Gasteiger charge is -2.08. The van der Waals surface area contributed by atoms with E-state index in [1.54, 1.807) is 7.05 Å². The lowest BCUT2D eigenvalue weighted by molar-refractivity contribution is 0.352. The molecule has 3 rings (SSSR count). The second-order valence-corrected chi connectivity index (χ2v) is 5.25. The maximum Gasteiger partial charge on any atom is 0.345 e. The first-order valence-electron chi connectivity index (χ1n) is 5.67. The fourth-order valence-corrected chi connectivity index (χ4v) is 2.71. The predicted molar refractivity (Wildman–Crippen MR) is 69.9 cm³/mol. The summed E-state index contributed by atoms with van der Waals surface area (Å²) >= 11 is 3.48. The van der Waals surface area contributed by atoms with E-state index < -0.39 is 0 Å². The first-order chi connectivity index (χ1) is 8.65. The van der Waals surface area contributed by atoms with Crippen LogP contribution in [0, 0.1) is 0 Å². The van der Waals surface area contributed by atoms with Crippen molar-refractivity contribution >= 4 is 15.9 Å². The van der Waals surface area contributed by atoms with E-state index in [-0.39, 0.29) is 5.69 Å². The molecule has 94 valence electrons. The van der Waals surface area contributed by atoms with Crippen LogP contribution in [0.3, 0.4) is 0 Å². The number of hydrogen-bond donors (Lipinski definition) is 0. The molecule has 1 aliphatic heterocycles. The Kier molecular flexibility index (Phi) is 2.74. The third-order valence-electron chi connectivity index (χ3n) is 3.03. The van der Waals surface area contributed by atoms with Crippen LogP contribution in [0.15, 0.2) is 27.7 Å². The number of rotatable bonds is 2. The number of aromatic nitrogens is 3. The Balaban J connectivity index is 2.03. The summed E-state index contributed by atoms with van der Waals surface area (Å²) in [7, 11) is 1.69. The average Bonchev–Trinajstić information content (AvgIpc) is 2.90. The Morgan fingerprint density at radius 2 is 2.33 bits per heavy atom. The first-order valence-corrected chi connectivity index (χ1v) is 6.47. The minimum absolute atomic E-state index is 0.123. The minimum atomic E-state index is -0.123. The van der Waals surface area contributed by atoms with Gasteiger partial charge in [-0.25, -0.2) is 9.48 Å². The van der Waals surface area contributed by atoms with Gasteiger partial charge in [0.15, 0.2) is 0 Å². The van der Waals surface area contributed by atoms with E-state index in [9.17, 15) is 4.79 Å². The van der Waals surface area contributed by atoms with E-state index >= 15 is 0 Å². The van der Waals surface area contributed by atoms with Gasteiger partial charge in [0.1, 0.15) is 12.1 Å². The largest absolute Gasteiger partial charge is 0.493 e. The highest BCUT2D eigenvalue weighted by Crippen LogP contribution is 2.33. The Labute approximate surface area is 112 Å². The highest BCUT2D eigenvalue weighted by Gasteiger charge is 2.18. The molecule has 6 heteroatoms. The summed E-state index contributed by atoms with van der Waals surface area (Å²) in [4.78, 5) is 11.8. The van der Waals surface area contributed by atoms with Crippen molar-refractivity contribution in [2.24, 2.45) is 7.05 Å². The van der Waals surface area contributed by atoms with Gasteiger partial charge in [-0.2, -0.15) is 5.10 Å². The molecule has 2 aromatic rings. The summed E-state index contributed by atoms with van der Waals surface area (Å²) in [6.07, 6.45) is 2.43. The molecule has 0 N–H and O–H groups in total. The van der Waals surface area contributed by atoms with Crippen LogP contribution < -0.4 is 10.4 Å². The monoisotopic (exact) mass is 309 g/mol. The molecule has 1 aliphatic rings. The third-order valence-corrected chi connectivity index (χ3v) is 3.49.